The molecule has 0 fully saturated rings. The van der Waals surface area contributed by atoms with Gasteiger partial charge in [0, 0.05) is 51.8 Å². The molecule has 1 aromatic heterocycles. The molecule has 0 saturated carbocycles. The monoisotopic (exact) mass is 524 g/mol. The zero-order chi connectivity index (χ0) is 25.9. The van der Waals surface area contributed by atoms with Crippen LogP contribution in [0.4, 0.5) is 11.4 Å². The Hall–Kier alpha value is -2.92. The molecular formula is C26H32N6O2S2. The van der Waals surface area contributed by atoms with Crippen LogP contribution in [0, 0.1) is 0 Å². The first-order valence-electron chi connectivity index (χ1n) is 11.5. The van der Waals surface area contributed by atoms with E-state index in [-0.39, 0.29) is 11.4 Å². The molecule has 2 aromatic carbocycles. The maximum Gasteiger partial charge on any atom is 0.274 e. The van der Waals surface area contributed by atoms with E-state index < -0.39 is 11.8 Å². The number of hydrogen-bond donors (Lipinski definition) is 2. The third-order valence-corrected chi connectivity index (χ3v) is 6.96. The van der Waals surface area contributed by atoms with Gasteiger partial charge in [0.25, 0.3) is 11.8 Å². The SMILES string of the molecule is CN(C)CCSc1ccc(NC(=O)c2cc(C(=O)Nc3ccc(SCCN(C)C)cc3)ncn2)cc1. The van der Waals surface area contributed by atoms with Crippen molar-refractivity contribution in [3.63, 3.8) is 0 Å². The Morgan fingerprint density at radius 2 is 1.08 bits per heavy atom. The Bertz CT molecular complexity index is 1050. The predicted molar refractivity (Wildman–Crippen MR) is 149 cm³/mol. The molecular weight excluding hydrogens is 492 g/mol. The molecule has 2 N–H and O–H groups in total. The number of nitrogens with one attached hydrogen (secondary N) is 2. The first-order chi connectivity index (χ1) is 17.3. The number of thioether (sulfide) groups is 2. The number of benzene rings is 2. The Morgan fingerprint density at radius 3 is 1.44 bits per heavy atom. The van der Waals surface area contributed by atoms with E-state index in [2.05, 4.69) is 30.4 Å². The summed E-state index contributed by atoms with van der Waals surface area (Å²) in [5.41, 5.74) is 1.55. The fourth-order valence-electron chi connectivity index (χ4n) is 2.96. The number of hydrogen-bond acceptors (Lipinski definition) is 8. The Morgan fingerprint density at radius 1 is 0.694 bits per heavy atom. The lowest BCUT2D eigenvalue weighted by Gasteiger charge is -2.10. The molecule has 36 heavy (non-hydrogen) atoms. The van der Waals surface area contributed by atoms with Gasteiger partial charge in [-0.3, -0.25) is 9.59 Å². The van der Waals surface area contributed by atoms with Gasteiger partial charge in [-0.05, 0) is 76.7 Å². The lowest BCUT2D eigenvalue weighted by atomic mass is 10.2. The van der Waals surface area contributed by atoms with Crippen molar-refractivity contribution < 1.29 is 9.59 Å². The topological polar surface area (TPSA) is 90.5 Å². The van der Waals surface area contributed by atoms with Crippen molar-refractivity contribution >= 4 is 46.7 Å². The standard InChI is InChI=1S/C26H32N6O2S2/c1-31(2)13-15-35-21-9-5-19(6-10-21)29-25(33)23-17-24(28-18-27-23)26(34)30-20-7-11-22(12-8-20)36-16-14-32(3)4/h5-12,17-18H,13-16H2,1-4H3,(H,29,33)(H,30,34). The summed E-state index contributed by atoms with van der Waals surface area (Å²) in [7, 11) is 8.19. The summed E-state index contributed by atoms with van der Waals surface area (Å²) in [6.07, 6.45) is 1.22. The first kappa shape index (κ1) is 27.7. The molecule has 8 nitrogen and oxygen atoms in total. The second-order valence-corrected chi connectivity index (χ2v) is 10.9. The van der Waals surface area contributed by atoms with Crippen molar-refractivity contribution in [3.05, 3.63) is 72.3 Å². The first-order valence-corrected chi connectivity index (χ1v) is 13.5. The summed E-state index contributed by atoms with van der Waals surface area (Å²) < 4.78 is 0. The minimum Gasteiger partial charge on any atom is -0.321 e. The molecule has 0 aliphatic rings. The number of rotatable bonds is 12. The van der Waals surface area contributed by atoms with Crippen LogP contribution in [0.15, 0.2) is 70.7 Å². The summed E-state index contributed by atoms with van der Waals surface area (Å²) in [5.74, 6) is 1.17. The lowest BCUT2D eigenvalue weighted by Crippen LogP contribution is -2.18. The van der Waals surface area contributed by atoms with E-state index in [1.165, 1.54) is 12.4 Å². The van der Waals surface area contributed by atoms with Crippen LogP contribution in [0.25, 0.3) is 0 Å². The number of aromatic nitrogens is 2. The molecule has 10 heteroatoms. The van der Waals surface area contributed by atoms with Crippen LogP contribution < -0.4 is 10.6 Å². The summed E-state index contributed by atoms with van der Waals surface area (Å²) in [6, 6.07) is 16.7. The molecule has 2 amide bonds. The van der Waals surface area contributed by atoms with Crippen molar-refractivity contribution in [2.45, 2.75) is 9.79 Å². The highest BCUT2D eigenvalue weighted by Crippen LogP contribution is 2.22. The Labute approximate surface area is 221 Å². The zero-order valence-electron chi connectivity index (χ0n) is 21.0. The van der Waals surface area contributed by atoms with Crippen LogP contribution in [0.3, 0.4) is 0 Å². The minimum atomic E-state index is -0.404. The molecule has 190 valence electrons. The molecule has 0 aliphatic heterocycles. The third kappa shape index (κ3) is 9.27. The van der Waals surface area contributed by atoms with Crippen molar-refractivity contribution in [3.8, 4) is 0 Å². The largest absolute Gasteiger partial charge is 0.321 e. The van der Waals surface area contributed by atoms with E-state index >= 15 is 0 Å². The van der Waals surface area contributed by atoms with E-state index in [0.29, 0.717) is 11.4 Å². The summed E-state index contributed by atoms with van der Waals surface area (Å²) in [6.45, 7) is 1.99. The van der Waals surface area contributed by atoms with Crippen LogP contribution in [0.2, 0.25) is 0 Å². The Kier molecular flexibility index (Phi) is 10.7. The van der Waals surface area contributed by atoms with Gasteiger partial charge in [-0.15, -0.1) is 23.5 Å². The van der Waals surface area contributed by atoms with Crippen LogP contribution >= 0.6 is 23.5 Å². The van der Waals surface area contributed by atoms with Gasteiger partial charge < -0.3 is 20.4 Å². The molecule has 0 unspecified atom stereocenters. The fraction of sp³-hybridized carbons (Fsp3) is 0.308. The van der Waals surface area contributed by atoms with Crippen LogP contribution in [0.1, 0.15) is 21.0 Å². The van der Waals surface area contributed by atoms with Gasteiger partial charge in [-0.1, -0.05) is 0 Å². The molecule has 3 aromatic rings. The average Bonchev–Trinajstić information content (AvgIpc) is 2.86. The van der Waals surface area contributed by atoms with Crippen LogP contribution in [0.5, 0.6) is 0 Å². The highest BCUT2D eigenvalue weighted by Gasteiger charge is 2.14. The van der Waals surface area contributed by atoms with Gasteiger partial charge in [0.2, 0.25) is 0 Å². The average molecular weight is 525 g/mol. The van der Waals surface area contributed by atoms with Crippen molar-refractivity contribution in [1.82, 2.24) is 19.8 Å². The summed E-state index contributed by atoms with van der Waals surface area (Å²) in [4.78, 5) is 40.0. The van der Waals surface area contributed by atoms with Crippen molar-refractivity contribution in [2.75, 3.05) is 63.4 Å². The van der Waals surface area contributed by atoms with E-state index in [1.54, 1.807) is 23.5 Å². The number of carbonyl (C=O) groups is 2. The van der Waals surface area contributed by atoms with Crippen molar-refractivity contribution in [2.24, 2.45) is 0 Å². The van der Waals surface area contributed by atoms with Gasteiger partial charge in [0.1, 0.15) is 17.7 Å². The highest BCUT2D eigenvalue weighted by molar-refractivity contribution is 7.99. The highest BCUT2D eigenvalue weighted by atomic mass is 32.2. The number of nitrogens with zero attached hydrogens (tertiary/aromatic N) is 4. The van der Waals surface area contributed by atoms with Gasteiger partial charge >= 0.3 is 0 Å². The molecule has 0 spiro atoms. The third-order valence-electron chi connectivity index (χ3n) is 4.97. The van der Waals surface area contributed by atoms with Gasteiger partial charge in [0.15, 0.2) is 0 Å². The van der Waals surface area contributed by atoms with E-state index in [9.17, 15) is 9.59 Å². The molecule has 0 atom stereocenters. The van der Waals surface area contributed by atoms with Crippen LogP contribution in [-0.2, 0) is 0 Å². The quantitative estimate of drug-likeness (QED) is 0.339. The smallest absolute Gasteiger partial charge is 0.274 e. The molecule has 0 saturated heterocycles. The molecule has 0 aliphatic carbocycles. The number of amides is 2. The van der Waals surface area contributed by atoms with Crippen LogP contribution in [-0.4, -0.2) is 84.4 Å². The maximum absolute atomic E-state index is 12.7. The van der Waals surface area contributed by atoms with Gasteiger partial charge in [-0.25, -0.2) is 9.97 Å². The van der Waals surface area contributed by atoms with E-state index in [1.807, 2.05) is 76.7 Å². The predicted octanol–water partition coefficient (Wildman–Crippen LogP) is 4.29. The lowest BCUT2D eigenvalue weighted by molar-refractivity contribution is 0.102. The fourth-order valence-corrected chi connectivity index (χ4v) is 5.00. The van der Waals surface area contributed by atoms with E-state index in [4.69, 9.17) is 0 Å². The normalized spacial score (nSPS) is 11.1. The molecule has 0 bridgehead atoms. The van der Waals surface area contributed by atoms with Gasteiger partial charge in [0.05, 0.1) is 0 Å². The number of anilines is 2. The molecule has 1 heterocycles. The summed E-state index contributed by atoms with van der Waals surface area (Å²) >= 11 is 3.52. The molecule has 3 rings (SSSR count). The summed E-state index contributed by atoms with van der Waals surface area (Å²) in [5, 5.41) is 5.64. The van der Waals surface area contributed by atoms with Crippen molar-refractivity contribution in [1.29, 1.82) is 0 Å². The van der Waals surface area contributed by atoms with E-state index in [0.717, 1.165) is 34.4 Å². The molecule has 0 radical (unpaired) electrons. The van der Waals surface area contributed by atoms with Gasteiger partial charge in [-0.2, -0.15) is 0 Å². The second kappa shape index (κ2) is 14.0. The second-order valence-electron chi connectivity index (χ2n) is 8.55. The Balaban J connectivity index is 1.54. The maximum atomic E-state index is 12.7. The minimum absolute atomic E-state index is 0.118. The zero-order valence-corrected chi connectivity index (χ0v) is 22.7. The number of carbonyl (C=O) groups excluding carboxylic acids is 2.